The second-order valence-corrected chi connectivity index (χ2v) is 1.70. The van der Waals surface area contributed by atoms with Gasteiger partial charge in [-0.15, -0.1) is 0 Å². The van der Waals surface area contributed by atoms with Crippen LogP contribution in [0.3, 0.4) is 0 Å². The summed E-state index contributed by atoms with van der Waals surface area (Å²) in [7, 11) is 0.768. The van der Waals surface area contributed by atoms with Crippen LogP contribution in [-0.2, 0) is 0 Å². The van der Waals surface area contributed by atoms with Crippen molar-refractivity contribution in [2.24, 2.45) is 0 Å². The van der Waals surface area contributed by atoms with Crippen LogP contribution in [0.4, 0.5) is 5.95 Å². The van der Waals surface area contributed by atoms with E-state index in [1.54, 1.807) is 0 Å². The first kappa shape index (κ1) is 7.61. The fourth-order valence-electron chi connectivity index (χ4n) is 0.492. The predicted molar refractivity (Wildman–Crippen MR) is 36.3 cm³/mol. The molecule has 7 heteroatoms. The molecule has 0 aliphatic heterocycles. The summed E-state index contributed by atoms with van der Waals surface area (Å²) < 4.78 is 0. The molecule has 1 N–H and O–H groups in total. The molecule has 0 aliphatic carbocycles. The number of nitro groups is 1. The van der Waals surface area contributed by atoms with Gasteiger partial charge in [0.05, 0.1) is 0 Å². The summed E-state index contributed by atoms with van der Waals surface area (Å²) in [4.78, 5) is 16.0. The zero-order valence-corrected chi connectivity index (χ0v) is 5.34. The van der Waals surface area contributed by atoms with E-state index in [0.717, 1.165) is 19.9 Å². The predicted octanol–water partition coefficient (Wildman–Crippen LogP) is -1.38. The van der Waals surface area contributed by atoms with Crippen LogP contribution < -0.4 is 5.46 Å². The number of hydrogen-bond acceptors (Lipinski definition) is 5. The van der Waals surface area contributed by atoms with Gasteiger partial charge in [-0.3, -0.25) is 0 Å². The van der Waals surface area contributed by atoms with E-state index in [2.05, 4.69) is 9.97 Å². The quantitative estimate of drug-likeness (QED) is 0.320. The van der Waals surface area contributed by atoms with Crippen molar-refractivity contribution < 1.29 is 9.95 Å². The SMILES string of the molecule is O=[N+]([O-])c1ncc([B]O)cn1. The van der Waals surface area contributed by atoms with E-state index in [0.29, 0.717) is 5.46 Å². The molecule has 0 bridgehead atoms. The number of hydrogen-bond donors (Lipinski definition) is 1. The minimum Gasteiger partial charge on any atom is -0.450 e. The number of aromatic nitrogens is 2. The van der Waals surface area contributed by atoms with Gasteiger partial charge in [-0.1, -0.05) is 9.97 Å². The highest BCUT2D eigenvalue weighted by atomic mass is 16.6. The van der Waals surface area contributed by atoms with Crippen molar-refractivity contribution in [2.75, 3.05) is 0 Å². The lowest BCUT2D eigenvalue weighted by atomic mass is 9.92. The Morgan fingerprint density at radius 1 is 1.55 bits per heavy atom. The summed E-state index contributed by atoms with van der Waals surface area (Å²) in [5, 5.41) is 18.4. The number of nitrogens with zero attached hydrogens (tertiary/aromatic N) is 3. The van der Waals surface area contributed by atoms with Crippen LogP contribution in [0, 0.1) is 10.1 Å². The van der Waals surface area contributed by atoms with Gasteiger partial charge in [0, 0.05) is 5.46 Å². The second-order valence-electron chi connectivity index (χ2n) is 1.70. The second kappa shape index (κ2) is 3.06. The van der Waals surface area contributed by atoms with Crippen molar-refractivity contribution in [1.29, 1.82) is 0 Å². The molecule has 0 amide bonds. The van der Waals surface area contributed by atoms with Crippen LogP contribution in [0.2, 0.25) is 0 Å². The van der Waals surface area contributed by atoms with Crippen LogP contribution in [0.5, 0.6) is 0 Å². The summed E-state index contributed by atoms with van der Waals surface area (Å²) in [6.45, 7) is 0. The van der Waals surface area contributed by atoms with Gasteiger partial charge in [-0.25, -0.2) is 0 Å². The average Bonchev–Trinajstić information content (AvgIpc) is 2.05. The first-order valence-corrected chi connectivity index (χ1v) is 2.68. The van der Waals surface area contributed by atoms with Crippen molar-refractivity contribution in [1.82, 2.24) is 9.97 Å². The van der Waals surface area contributed by atoms with Crippen molar-refractivity contribution in [3.63, 3.8) is 0 Å². The molecule has 0 spiro atoms. The summed E-state index contributed by atoms with van der Waals surface area (Å²) in [5.74, 6) is -0.476. The third-order valence-electron chi connectivity index (χ3n) is 0.971. The Kier molecular flexibility index (Phi) is 2.12. The van der Waals surface area contributed by atoms with Crippen LogP contribution in [0.1, 0.15) is 0 Å². The first-order chi connectivity index (χ1) is 5.24. The first-order valence-electron chi connectivity index (χ1n) is 2.68. The highest BCUT2D eigenvalue weighted by Crippen LogP contribution is 1.94. The van der Waals surface area contributed by atoms with Gasteiger partial charge >= 0.3 is 13.4 Å². The van der Waals surface area contributed by atoms with Gasteiger partial charge in [0.1, 0.15) is 12.4 Å². The Morgan fingerprint density at radius 3 is 2.45 bits per heavy atom. The Labute approximate surface area is 62.3 Å². The van der Waals surface area contributed by atoms with Crippen molar-refractivity contribution in [3.05, 3.63) is 22.5 Å². The summed E-state index contributed by atoms with van der Waals surface area (Å²) >= 11 is 0. The summed E-state index contributed by atoms with van der Waals surface area (Å²) in [6.07, 6.45) is 2.32. The maximum atomic E-state index is 10.0. The average molecular weight is 152 g/mol. The fraction of sp³-hybridized carbons (Fsp3) is 0. The molecule has 1 radical (unpaired) electrons. The largest absolute Gasteiger partial charge is 0.468 e. The molecule has 0 unspecified atom stereocenters. The molecule has 0 saturated carbocycles. The smallest absolute Gasteiger partial charge is 0.450 e. The molecular weight excluding hydrogens is 149 g/mol. The van der Waals surface area contributed by atoms with Gasteiger partial charge < -0.3 is 15.1 Å². The minimum atomic E-state index is -0.707. The maximum absolute atomic E-state index is 10.0. The topological polar surface area (TPSA) is 89.2 Å². The van der Waals surface area contributed by atoms with Gasteiger partial charge in [-0.2, -0.15) is 0 Å². The fourth-order valence-corrected chi connectivity index (χ4v) is 0.492. The Bertz CT molecular complexity index is 262. The molecule has 55 valence electrons. The Balaban J connectivity index is 2.91. The van der Waals surface area contributed by atoms with Gasteiger partial charge in [0.25, 0.3) is 0 Å². The molecule has 1 aromatic heterocycles. The molecular formula is C4H3BN3O3. The third kappa shape index (κ3) is 1.71. The lowest BCUT2D eigenvalue weighted by Gasteiger charge is -1.89. The van der Waals surface area contributed by atoms with E-state index in [9.17, 15) is 10.1 Å². The zero-order valence-electron chi connectivity index (χ0n) is 5.34. The van der Waals surface area contributed by atoms with E-state index in [-0.39, 0.29) is 0 Å². The van der Waals surface area contributed by atoms with E-state index in [1.165, 1.54) is 0 Å². The summed E-state index contributed by atoms with van der Waals surface area (Å²) in [6, 6.07) is 0. The van der Waals surface area contributed by atoms with E-state index in [4.69, 9.17) is 5.02 Å². The lowest BCUT2D eigenvalue weighted by molar-refractivity contribution is -0.394. The van der Waals surface area contributed by atoms with Crippen LogP contribution in [0.25, 0.3) is 0 Å². The van der Waals surface area contributed by atoms with Crippen molar-refractivity contribution in [2.45, 2.75) is 0 Å². The maximum Gasteiger partial charge on any atom is 0.468 e. The van der Waals surface area contributed by atoms with E-state index < -0.39 is 10.9 Å². The molecule has 0 saturated heterocycles. The van der Waals surface area contributed by atoms with Gasteiger partial charge in [-0.05, 0) is 4.92 Å². The zero-order chi connectivity index (χ0) is 8.27. The molecule has 1 heterocycles. The van der Waals surface area contributed by atoms with Crippen LogP contribution in [0.15, 0.2) is 12.4 Å². The minimum absolute atomic E-state index is 0.329. The lowest BCUT2D eigenvalue weighted by Crippen LogP contribution is -2.15. The van der Waals surface area contributed by atoms with E-state index >= 15 is 0 Å². The monoisotopic (exact) mass is 152 g/mol. The Morgan fingerprint density at radius 2 is 2.09 bits per heavy atom. The Hall–Kier alpha value is -1.50. The number of rotatable bonds is 2. The van der Waals surface area contributed by atoms with Crippen LogP contribution in [-0.4, -0.2) is 27.4 Å². The molecule has 0 aliphatic rings. The molecule has 11 heavy (non-hydrogen) atoms. The normalized spacial score (nSPS) is 9.18. The highest BCUT2D eigenvalue weighted by Gasteiger charge is 2.07. The molecule has 1 rings (SSSR count). The van der Waals surface area contributed by atoms with Crippen LogP contribution >= 0.6 is 0 Å². The van der Waals surface area contributed by atoms with Gasteiger partial charge in [0.2, 0.25) is 0 Å². The van der Waals surface area contributed by atoms with Gasteiger partial charge in [0.15, 0.2) is 0 Å². The molecule has 1 aromatic rings. The van der Waals surface area contributed by atoms with Crippen molar-refractivity contribution >= 4 is 18.9 Å². The molecule has 0 aromatic carbocycles. The standard InChI is InChI=1S/C4H3BN3O3/c9-5-3-1-6-4(7-2-3)8(10)11/h1-2,9H. The van der Waals surface area contributed by atoms with Crippen molar-refractivity contribution in [3.8, 4) is 0 Å². The molecule has 0 atom stereocenters. The molecule has 6 nitrogen and oxygen atoms in total. The highest BCUT2D eigenvalue weighted by molar-refractivity contribution is 6.45. The molecule has 0 fully saturated rings. The van der Waals surface area contributed by atoms with E-state index in [1.807, 2.05) is 0 Å². The third-order valence-corrected chi connectivity index (χ3v) is 0.971. The summed E-state index contributed by atoms with van der Waals surface area (Å²) in [5.41, 5.74) is 0.329.